The molecule has 1 heterocycles. The van der Waals surface area contributed by atoms with Crippen LogP contribution < -0.4 is 10.6 Å². The molecule has 1 atom stereocenters. The SMILES string of the molecule is CC(=O)Nc1cccc(C(C)NCc2csc(C)n2)c1.Cl. The number of thiazole rings is 1. The quantitative estimate of drug-likeness (QED) is 0.881. The maximum atomic E-state index is 11.1. The van der Waals surface area contributed by atoms with Gasteiger partial charge >= 0.3 is 0 Å². The number of carbonyl (C=O) groups is 1. The molecule has 2 aromatic rings. The largest absolute Gasteiger partial charge is 0.326 e. The van der Waals surface area contributed by atoms with Crippen molar-refractivity contribution in [3.63, 3.8) is 0 Å². The Hall–Kier alpha value is -1.43. The summed E-state index contributed by atoms with van der Waals surface area (Å²) in [5.74, 6) is -0.0549. The van der Waals surface area contributed by atoms with Crippen molar-refractivity contribution in [1.29, 1.82) is 0 Å². The fourth-order valence-electron chi connectivity index (χ4n) is 1.95. The third-order valence-corrected chi connectivity index (χ3v) is 3.79. The number of rotatable bonds is 5. The number of nitrogens with one attached hydrogen (secondary N) is 2. The van der Waals surface area contributed by atoms with Crippen LogP contribution in [0.3, 0.4) is 0 Å². The summed E-state index contributed by atoms with van der Waals surface area (Å²) in [4.78, 5) is 15.5. The van der Waals surface area contributed by atoms with E-state index in [0.717, 1.165) is 28.5 Å². The molecule has 0 saturated carbocycles. The maximum Gasteiger partial charge on any atom is 0.221 e. The number of nitrogens with zero attached hydrogens (tertiary/aromatic N) is 1. The first-order valence-electron chi connectivity index (χ1n) is 6.56. The second kappa shape index (κ2) is 8.12. The Labute approximate surface area is 135 Å². The predicted octanol–water partition coefficient (Wildman–Crippen LogP) is 3.68. The first kappa shape index (κ1) is 17.6. The molecule has 4 nitrogen and oxygen atoms in total. The summed E-state index contributed by atoms with van der Waals surface area (Å²) in [5.41, 5.74) is 3.04. The zero-order valence-electron chi connectivity index (χ0n) is 12.3. The van der Waals surface area contributed by atoms with Gasteiger partial charge in [-0.25, -0.2) is 4.98 Å². The summed E-state index contributed by atoms with van der Waals surface area (Å²) >= 11 is 1.66. The van der Waals surface area contributed by atoms with Gasteiger partial charge in [-0.3, -0.25) is 4.79 Å². The van der Waals surface area contributed by atoms with Crippen molar-refractivity contribution in [3.8, 4) is 0 Å². The lowest BCUT2D eigenvalue weighted by Gasteiger charge is -2.14. The number of anilines is 1. The highest BCUT2D eigenvalue weighted by molar-refractivity contribution is 7.09. The van der Waals surface area contributed by atoms with Crippen LogP contribution in [-0.4, -0.2) is 10.9 Å². The van der Waals surface area contributed by atoms with E-state index in [1.165, 1.54) is 6.92 Å². The number of halogens is 1. The molecule has 0 aliphatic carbocycles. The Kier molecular flexibility index (Phi) is 6.81. The fraction of sp³-hybridized carbons (Fsp3) is 0.333. The smallest absolute Gasteiger partial charge is 0.221 e. The van der Waals surface area contributed by atoms with Gasteiger partial charge < -0.3 is 10.6 Å². The molecular formula is C15H20ClN3OS. The van der Waals surface area contributed by atoms with Gasteiger partial charge in [0.2, 0.25) is 5.91 Å². The van der Waals surface area contributed by atoms with Crippen molar-refractivity contribution in [2.75, 3.05) is 5.32 Å². The van der Waals surface area contributed by atoms with E-state index >= 15 is 0 Å². The number of hydrogen-bond donors (Lipinski definition) is 2. The van der Waals surface area contributed by atoms with Crippen LogP contribution in [0.2, 0.25) is 0 Å². The van der Waals surface area contributed by atoms with Crippen LogP contribution in [-0.2, 0) is 11.3 Å². The molecule has 114 valence electrons. The number of benzene rings is 1. The standard InChI is InChI=1S/C15H19N3OS.ClH/c1-10(16-8-15-9-20-12(3)18-15)13-5-4-6-14(7-13)17-11(2)19;/h4-7,9-10,16H,8H2,1-3H3,(H,17,19);1H. The van der Waals surface area contributed by atoms with E-state index in [9.17, 15) is 4.79 Å². The van der Waals surface area contributed by atoms with Crippen molar-refractivity contribution < 1.29 is 4.79 Å². The van der Waals surface area contributed by atoms with E-state index in [2.05, 4.69) is 34.0 Å². The normalized spacial score (nSPS) is 11.6. The van der Waals surface area contributed by atoms with Gasteiger partial charge in [0, 0.05) is 30.6 Å². The lowest BCUT2D eigenvalue weighted by atomic mass is 10.1. The first-order chi connectivity index (χ1) is 9.54. The minimum absolute atomic E-state index is 0. The molecule has 0 fully saturated rings. The molecule has 1 unspecified atom stereocenters. The Balaban J connectivity index is 0.00000220. The van der Waals surface area contributed by atoms with Gasteiger partial charge in [0.15, 0.2) is 0 Å². The average Bonchev–Trinajstić information content (AvgIpc) is 2.81. The molecule has 2 N–H and O–H groups in total. The summed E-state index contributed by atoms with van der Waals surface area (Å²) in [6, 6.07) is 8.08. The molecule has 0 aliphatic heterocycles. The predicted molar refractivity (Wildman–Crippen MR) is 90.1 cm³/mol. The van der Waals surface area contributed by atoms with E-state index in [4.69, 9.17) is 0 Å². The topological polar surface area (TPSA) is 54.0 Å². The van der Waals surface area contributed by atoms with Crippen LogP contribution in [0.15, 0.2) is 29.6 Å². The highest BCUT2D eigenvalue weighted by Crippen LogP contribution is 2.18. The molecule has 1 aromatic carbocycles. The Morgan fingerprint density at radius 1 is 1.43 bits per heavy atom. The number of aromatic nitrogens is 1. The van der Waals surface area contributed by atoms with Crippen LogP contribution in [0, 0.1) is 6.92 Å². The van der Waals surface area contributed by atoms with E-state index in [-0.39, 0.29) is 24.4 Å². The van der Waals surface area contributed by atoms with Gasteiger partial charge in [-0.2, -0.15) is 0 Å². The lowest BCUT2D eigenvalue weighted by molar-refractivity contribution is -0.114. The Morgan fingerprint density at radius 3 is 2.81 bits per heavy atom. The van der Waals surface area contributed by atoms with Gasteiger partial charge in [-0.15, -0.1) is 23.7 Å². The van der Waals surface area contributed by atoms with Crippen LogP contribution in [0.5, 0.6) is 0 Å². The molecular weight excluding hydrogens is 306 g/mol. The number of hydrogen-bond acceptors (Lipinski definition) is 4. The first-order valence-corrected chi connectivity index (χ1v) is 7.44. The molecule has 0 saturated heterocycles. The maximum absolute atomic E-state index is 11.1. The van der Waals surface area contributed by atoms with E-state index < -0.39 is 0 Å². The van der Waals surface area contributed by atoms with Crippen LogP contribution >= 0.6 is 23.7 Å². The molecule has 2 rings (SSSR count). The number of amides is 1. The molecule has 0 spiro atoms. The molecule has 0 radical (unpaired) electrons. The van der Waals surface area contributed by atoms with Crippen LogP contribution in [0.4, 0.5) is 5.69 Å². The van der Waals surface area contributed by atoms with Crippen molar-refractivity contribution >= 4 is 35.3 Å². The third-order valence-electron chi connectivity index (χ3n) is 2.96. The van der Waals surface area contributed by atoms with Gasteiger partial charge in [-0.1, -0.05) is 12.1 Å². The number of aryl methyl sites for hydroxylation is 1. The zero-order chi connectivity index (χ0) is 14.5. The molecule has 0 bridgehead atoms. The fourth-order valence-corrected chi connectivity index (χ4v) is 2.57. The van der Waals surface area contributed by atoms with Crippen molar-refractivity contribution in [2.24, 2.45) is 0 Å². The Bertz CT molecular complexity index is 600. The monoisotopic (exact) mass is 325 g/mol. The minimum Gasteiger partial charge on any atom is -0.326 e. The summed E-state index contributed by atoms with van der Waals surface area (Å²) in [6.07, 6.45) is 0. The molecule has 21 heavy (non-hydrogen) atoms. The highest BCUT2D eigenvalue weighted by atomic mass is 35.5. The van der Waals surface area contributed by atoms with Crippen molar-refractivity contribution in [3.05, 3.63) is 45.9 Å². The van der Waals surface area contributed by atoms with E-state index in [1.54, 1.807) is 11.3 Å². The highest BCUT2D eigenvalue weighted by Gasteiger charge is 2.07. The number of carbonyl (C=O) groups excluding carboxylic acids is 1. The van der Waals surface area contributed by atoms with Gasteiger partial charge in [-0.05, 0) is 31.5 Å². The second-order valence-corrected chi connectivity index (χ2v) is 5.83. The Morgan fingerprint density at radius 2 is 2.19 bits per heavy atom. The summed E-state index contributed by atoms with van der Waals surface area (Å²) in [7, 11) is 0. The summed E-state index contributed by atoms with van der Waals surface area (Å²) < 4.78 is 0. The van der Waals surface area contributed by atoms with Gasteiger partial charge in [0.1, 0.15) is 0 Å². The molecule has 0 aliphatic rings. The summed E-state index contributed by atoms with van der Waals surface area (Å²) in [5, 5.41) is 9.40. The van der Waals surface area contributed by atoms with Crippen LogP contribution in [0.25, 0.3) is 0 Å². The van der Waals surface area contributed by atoms with Crippen molar-refractivity contribution in [2.45, 2.75) is 33.4 Å². The summed E-state index contributed by atoms with van der Waals surface area (Å²) in [6.45, 7) is 6.37. The van der Waals surface area contributed by atoms with Crippen LogP contribution in [0.1, 0.15) is 36.2 Å². The van der Waals surface area contributed by atoms with E-state index in [1.807, 2.05) is 25.1 Å². The van der Waals surface area contributed by atoms with E-state index in [0.29, 0.717) is 0 Å². The van der Waals surface area contributed by atoms with Crippen molar-refractivity contribution in [1.82, 2.24) is 10.3 Å². The third kappa shape index (κ3) is 5.46. The molecule has 6 heteroatoms. The minimum atomic E-state index is -0.0549. The second-order valence-electron chi connectivity index (χ2n) is 4.77. The zero-order valence-corrected chi connectivity index (χ0v) is 14.0. The van der Waals surface area contributed by atoms with Gasteiger partial charge in [0.05, 0.1) is 10.7 Å². The lowest BCUT2D eigenvalue weighted by Crippen LogP contribution is -2.18. The average molecular weight is 326 g/mol. The molecule has 1 amide bonds. The molecule has 1 aromatic heterocycles. The van der Waals surface area contributed by atoms with Gasteiger partial charge in [0.25, 0.3) is 0 Å².